The van der Waals surface area contributed by atoms with Crippen LogP contribution >= 0.6 is 0 Å². The molecule has 1 heterocycles. The van der Waals surface area contributed by atoms with E-state index in [0.717, 1.165) is 12.1 Å². The molecule has 0 spiro atoms. The largest absolute Gasteiger partial charge is 0.416 e. The zero-order valence-corrected chi connectivity index (χ0v) is 8.57. The Morgan fingerprint density at radius 2 is 1.76 bits per heavy atom. The first-order chi connectivity index (χ1) is 8.02. The summed E-state index contributed by atoms with van der Waals surface area (Å²) in [6.07, 6.45) is -1.09. The summed E-state index contributed by atoms with van der Waals surface area (Å²) in [4.78, 5) is 0. The van der Waals surface area contributed by atoms with E-state index in [9.17, 15) is 13.2 Å². The second kappa shape index (κ2) is 3.98. The molecule has 86 valence electrons. The van der Waals surface area contributed by atoms with Crippen molar-refractivity contribution >= 4 is 0 Å². The third-order valence-corrected chi connectivity index (χ3v) is 2.33. The number of hydrogen-bond donors (Lipinski definition) is 0. The normalized spacial score (nSPS) is 11.2. The summed E-state index contributed by atoms with van der Waals surface area (Å²) in [5.41, 5.74) is -0.383. The quantitative estimate of drug-likeness (QED) is 0.746. The Bertz CT molecular complexity index is 562. The molecule has 0 aliphatic rings. The van der Waals surface area contributed by atoms with Gasteiger partial charge >= 0.3 is 6.18 Å². The van der Waals surface area contributed by atoms with Crippen LogP contribution in [0.25, 0.3) is 5.69 Å². The van der Waals surface area contributed by atoms with E-state index in [1.54, 1.807) is 35.2 Å². The Morgan fingerprint density at radius 1 is 1.12 bits per heavy atom. The van der Waals surface area contributed by atoms with Crippen molar-refractivity contribution in [2.24, 2.45) is 0 Å². The molecule has 17 heavy (non-hydrogen) atoms. The van der Waals surface area contributed by atoms with Crippen molar-refractivity contribution in [1.82, 2.24) is 4.57 Å². The summed E-state index contributed by atoms with van der Waals surface area (Å²) in [5.74, 6) is 0. The summed E-state index contributed by atoms with van der Waals surface area (Å²) in [6, 6.07) is 8.36. The standard InChI is InChI=1S/C12H7F3N2/c13-12(14,15)10-3-4-11(9(7-10)8-16)17-5-1-2-6-17/h1-7H. The molecule has 0 saturated heterocycles. The number of alkyl halides is 3. The maximum atomic E-state index is 12.5. The van der Waals surface area contributed by atoms with Crippen LogP contribution in [0.15, 0.2) is 42.7 Å². The Hall–Kier alpha value is -2.22. The minimum absolute atomic E-state index is 0.00368. The van der Waals surface area contributed by atoms with Crippen molar-refractivity contribution in [3.05, 3.63) is 53.9 Å². The lowest BCUT2D eigenvalue weighted by molar-refractivity contribution is -0.137. The molecule has 0 fully saturated rings. The monoisotopic (exact) mass is 236 g/mol. The number of nitriles is 1. The second-order valence-corrected chi connectivity index (χ2v) is 3.43. The maximum absolute atomic E-state index is 12.5. The molecule has 0 N–H and O–H groups in total. The highest BCUT2D eigenvalue weighted by molar-refractivity contribution is 5.51. The number of hydrogen-bond acceptors (Lipinski definition) is 1. The zero-order chi connectivity index (χ0) is 12.5. The van der Waals surface area contributed by atoms with E-state index < -0.39 is 11.7 Å². The van der Waals surface area contributed by atoms with E-state index in [1.165, 1.54) is 6.07 Å². The van der Waals surface area contributed by atoms with Gasteiger partial charge in [-0.2, -0.15) is 18.4 Å². The molecule has 0 saturated carbocycles. The summed E-state index contributed by atoms with van der Waals surface area (Å²) in [6.45, 7) is 0. The Labute approximate surface area is 95.5 Å². The van der Waals surface area contributed by atoms with Crippen molar-refractivity contribution in [2.45, 2.75) is 6.18 Å². The molecular weight excluding hydrogens is 229 g/mol. The van der Waals surface area contributed by atoms with Gasteiger partial charge in [-0.15, -0.1) is 0 Å². The number of nitrogens with zero attached hydrogens (tertiary/aromatic N) is 2. The molecule has 0 aliphatic heterocycles. The molecule has 0 amide bonds. The van der Waals surface area contributed by atoms with E-state index in [0.29, 0.717) is 5.69 Å². The minimum Gasteiger partial charge on any atom is -0.323 e. The van der Waals surface area contributed by atoms with Crippen LogP contribution in [-0.4, -0.2) is 4.57 Å². The number of halogens is 3. The van der Waals surface area contributed by atoms with Crippen molar-refractivity contribution in [3.8, 4) is 11.8 Å². The summed E-state index contributed by atoms with van der Waals surface area (Å²) in [5, 5.41) is 8.88. The summed E-state index contributed by atoms with van der Waals surface area (Å²) < 4.78 is 39.0. The zero-order valence-electron chi connectivity index (χ0n) is 8.57. The predicted molar refractivity (Wildman–Crippen MR) is 55.5 cm³/mol. The second-order valence-electron chi connectivity index (χ2n) is 3.43. The maximum Gasteiger partial charge on any atom is 0.416 e. The van der Waals surface area contributed by atoms with E-state index in [2.05, 4.69) is 0 Å². The first kappa shape index (κ1) is 11.3. The van der Waals surface area contributed by atoms with Crippen LogP contribution in [0.2, 0.25) is 0 Å². The van der Waals surface area contributed by atoms with Gasteiger partial charge in [0, 0.05) is 12.4 Å². The first-order valence-corrected chi connectivity index (χ1v) is 4.77. The highest BCUT2D eigenvalue weighted by Gasteiger charge is 2.31. The average Bonchev–Trinajstić information content (AvgIpc) is 2.80. The fourth-order valence-electron chi connectivity index (χ4n) is 1.52. The van der Waals surface area contributed by atoms with Crippen LogP contribution in [0.1, 0.15) is 11.1 Å². The predicted octanol–water partition coefficient (Wildman–Crippen LogP) is 3.37. The molecule has 0 atom stereocenters. The lowest BCUT2D eigenvalue weighted by atomic mass is 10.1. The average molecular weight is 236 g/mol. The number of benzene rings is 1. The molecular formula is C12H7F3N2. The van der Waals surface area contributed by atoms with Gasteiger partial charge in [0.2, 0.25) is 0 Å². The molecule has 1 aromatic carbocycles. The van der Waals surface area contributed by atoms with Crippen molar-refractivity contribution in [3.63, 3.8) is 0 Å². The molecule has 2 nitrogen and oxygen atoms in total. The lowest BCUT2D eigenvalue weighted by Gasteiger charge is -2.10. The summed E-state index contributed by atoms with van der Waals surface area (Å²) in [7, 11) is 0. The van der Waals surface area contributed by atoms with Gasteiger partial charge in [0.25, 0.3) is 0 Å². The Kier molecular flexibility index (Phi) is 2.64. The van der Waals surface area contributed by atoms with Crippen molar-refractivity contribution in [1.29, 1.82) is 5.26 Å². The van der Waals surface area contributed by atoms with Crippen LogP contribution in [0, 0.1) is 11.3 Å². The molecule has 2 aromatic rings. The Morgan fingerprint density at radius 3 is 2.29 bits per heavy atom. The van der Waals surface area contributed by atoms with Gasteiger partial charge in [-0.05, 0) is 30.3 Å². The van der Waals surface area contributed by atoms with Crippen LogP contribution in [0.5, 0.6) is 0 Å². The first-order valence-electron chi connectivity index (χ1n) is 4.77. The molecule has 0 radical (unpaired) electrons. The van der Waals surface area contributed by atoms with E-state index in [4.69, 9.17) is 5.26 Å². The molecule has 1 aromatic heterocycles. The Balaban J connectivity index is 2.55. The smallest absolute Gasteiger partial charge is 0.323 e. The van der Waals surface area contributed by atoms with E-state index in [1.807, 2.05) is 0 Å². The fraction of sp³-hybridized carbons (Fsp3) is 0.0833. The third kappa shape index (κ3) is 2.16. The van der Waals surface area contributed by atoms with Gasteiger partial charge in [0.1, 0.15) is 6.07 Å². The molecule has 2 rings (SSSR count). The van der Waals surface area contributed by atoms with Gasteiger partial charge in [0.05, 0.1) is 16.8 Å². The fourth-order valence-corrected chi connectivity index (χ4v) is 1.52. The van der Waals surface area contributed by atoms with Gasteiger partial charge < -0.3 is 4.57 Å². The van der Waals surface area contributed by atoms with E-state index >= 15 is 0 Å². The minimum atomic E-state index is -4.43. The number of rotatable bonds is 1. The lowest BCUT2D eigenvalue weighted by Crippen LogP contribution is -2.06. The van der Waals surface area contributed by atoms with Gasteiger partial charge in [-0.1, -0.05) is 0 Å². The molecule has 0 aliphatic carbocycles. The summed E-state index contributed by atoms with van der Waals surface area (Å²) >= 11 is 0. The number of aromatic nitrogens is 1. The van der Waals surface area contributed by atoms with Crippen LogP contribution in [0.4, 0.5) is 13.2 Å². The molecule has 5 heteroatoms. The third-order valence-electron chi connectivity index (χ3n) is 2.33. The van der Waals surface area contributed by atoms with E-state index in [-0.39, 0.29) is 5.56 Å². The molecule has 0 bridgehead atoms. The SMILES string of the molecule is N#Cc1cc(C(F)(F)F)ccc1-n1cccc1. The highest BCUT2D eigenvalue weighted by Crippen LogP contribution is 2.31. The van der Waals surface area contributed by atoms with Crippen LogP contribution in [-0.2, 0) is 6.18 Å². The van der Waals surface area contributed by atoms with Gasteiger partial charge in [-0.3, -0.25) is 0 Å². The highest BCUT2D eigenvalue weighted by atomic mass is 19.4. The van der Waals surface area contributed by atoms with Crippen molar-refractivity contribution < 1.29 is 13.2 Å². The van der Waals surface area contributed by atoms with Crippen LogP contribution in [0.3, 0.4) is 0 Å². The van der Waals surface area contributed by atoms with Crippen molar-refractivity contribution in [2.75, 3.05) is 0 Å². The van der Waals surface area contributed by atoms with Gasteiger partial charge in [-0.25, -0.2) is 0 Å². The van der Waals surface area contributed by atoms with Gasteiger partial charge in [0.15, 0.2) is 0 Å². The van der Waals surface area contributed by atoms with Crippen LogP contribution < -0.4 is 0 Å². The topological polar surface area (TPSA) is 28.7 Å². The molecule has 0 unspecified atom stereocenters.